The van der Waals surface area contributed by atoms with Gasteiger partial charge in [-0.1, -0.05) is 93.6 Å². The van der Waals surface area contributed by atoms with Crippen LogP contribution in [0.3, 0.4) is 0 Å². The van der Waals surface area contributed by atoms with Crippen molar-refractivity contribution in [2.75, 3.05) is 13.2 Å². The lowest BCUT2D eigenvalue weighted by Crippen LogP contribution is -2.66. The highest BCUT2D eigenvalue weighted by atomic mass is 28.4. The molecule has 0 bridgehead atoms. The van der Waals surface area contributed by atoms with Crippen molar-refractivity contribution in [1.82, 2.24) is 0 Å². The van der Waals surface area contributed by atoms with Crippen molar-refractivity contribution in [3.63, 3.8) is 0 Å². The maximum atomic E-state index is 8.90. The zero-order chi connectivity index (χ0) is 18.2. The average molecular weight is 355 g/mol. The molecule has 0 heterocycles. The van der Waals surface area contributed by atoms with Crippen molar-refractivity contribution in [2.45, 2.75) is 38.7 Å². The second kappa shape index (κ2) is 9.14. The van der Waals surface area contributed by atoms with E-state index in [0.29, 0.717) is 6.61 Å². The van der Waals surface area contributed by atoms with Crippen LogP contribution in [0.4, 0.5) is 0 Å². The van der Waals surface area contributed by atoms with Crippen molar-refractivity contribution in [2.24, 2.45) is 0 Å². The Morgan fingerprint density at radius 3 is 1.84 bits per heavy atom. The minimum Gasteiger partial charge on any atom is -0.404 e. The third-order valence-corrected chi connectivity index (χ3v) is 9.51. The highest BCUT2D eigenvalue weighted by Crippen LogP contribution is 2.36. The fourth-order valence-electron chi connectivity index (χ4n) is 3.33. The first kappa shape index (κ1) is 19.6. The first-order chi connectivity index (χ1) is 12.0. The summed E-state index contributed by atoms with van der Waals surface area (Å²) in [6.07, 6.45) is 5.89. The molecule has 0 saturated carbocycles. The van der Waals surface area contributed by atoms with Gasteiger partial charge in [0.1, 0.15) is 0 Å². The van der Waals surface area contributed by atoms with Gasteiger partial charge in [0.2, 0.25) is 0 Å². The van der Waals surface area contributed by atoms with Crippen LogP contribution < -0.4 is 10.4 Å². The SMILES string of the molecule is CC(C)(C)[Si](OC/C=C\CCCO)(c1ccccc1)c1ccccc1. The van der Waals surface area contributed by atoms with Gasteiger partial charge in [-0.05, 0) is 28.3 Å². The molecule has 3 heteroatoms. The summed E-state index contributed by atoms with van der Waals surface area (Å²) in [5.74, 6) is 0. The Morgan fingerprint density at radius 1 is 0.880 bits per heavy atom. The molecule has 25 heavy (non-hydrogen) atoms. The van der Waals surface area contributed by atoms with Crippen molar-refractivity contribution in [1.29, 1.82) is 0 Å². The predicted molar refractivity (Wildman–Crippen MR) is 109 cm³/mol. The van der Waals surface area contributed by atoms with Crippen LogP contribution in [-0.2, 0) is 4.43 Å². The van der Waals surface area contributed by atoms with Gasteiger partial charge in [-0.25, -0.2) is 0 Å². The largest absolute Gasteiger partial charge is 0.404 e. The van der Waals surface area contributed by atoms with Crippen LogP contribution in [-0.4, -0.2) is 26.6 Å². The third kappa shape index (κ3) is 4.69. The molecule has 0 atom stereocenters. The molecule has 0 spiro atoms. The molecule has 2 rings (SSSR count). The molecule has 1 N–H and O–H groups in total. The Balaban J connectivity index is 2.41. The topological polar surface area (TPSA) is 29.5 Å². The number of unbranched alkanes of at least 4 members (excludes halogenated alkanes) is 1. The van der Waals surface area contributed by atoms with E-state index in [1.807, 2.05) is 0 Å². The molecular weight excluding hydrogens is 324 g/mol. The summed E-state index contributed by atoms with van der Waals surface area (Å²) >= 11 is 0. The molecule has 0 fully saturated rings. The lowest BCUT2D eigenvalue weighted by atomic mass is 10.2. The van der Waals surface area contributed by atoms with E-state index < -0.39 is 8.32 Å². The van der Waals surface area contributed by atoms with Gasteiger partial charge in [0.25, 0.3) is 8.32 Å². The Kier molecular flexibility index (Phi) is 7.18. The number of benzene rings is 2. The number of allylic oxidation sites excluding steroid dienone is 1. The quantitative estimate of drug-likeness (QED) is 0.443. The second-order valence-electron chi connectivity index (χ2n) is 7.31. The van der Waals surface area contributed by atoms with E-state index in [0.717, 1.165) is 12.8 Å². The number of aliphatic hydroxyl groups excluding tert-OH is 1. The summed E-state index contributed by atoms with van der Waals surface area (Å²) in [7, 11) is -2.42. The van der Waals surface area contributed by atoms with Crippen LogP contribution in [0.5, 0.6) is 0 Å². The molecule has 0 aromatic heterocycles. The van der Waals surface area contributed by atoms with E-state index in [4.69, 9.17) is 9.53 Å². The first-order valence-electron chi connectivity index (χ1n) is 9.03. The molecule has 2 nitrogen and oxygen atoms in total. The molecule has 0 aliphatic heterocycles. The van der Waals surface area contributed by atoms with E-state index in [-0.39, 0.29) is 11.6 Å². The van der Waals surface area contributed by atoms with Gasteiger partial charge in [0.15, 0.2) is 0 Å². The number of aliphatic hydroxyl groups is 1. The fraction of sp³-hybridized carbons (Fsp3) is 0.364. The van der Waals surface area contributed by atoms with Gasteiger partial charge >= 0.3 is 0 Å². The normalized spacial score (nSPS) is 12.6. The third-order valence-electron chi connectivity index (χ3n) is 4.51. The molecule has 2 aromatic carbocycles. The Bertz CT molecular complexity index is 605. The van der Waals surface area contributed by atoms with Crippen molar-refractivity contribution >= 4 is 18.7 Å². The summed E-state index contributed by atoms with van der Waals surface area (Å²) in [6.45, 7) is 7.69. The zero-order valence-corrected chi connectivity index (χ0v) is 16.6. The average Bonchev–Trinajstić information content (AvgIpc) is 2.62. The van der Waals surface area contributed by atoms with Crippen molar-refractivity contribution in [3.8, 4) is 0 Å². The molecule has 0 aliphatic carbocycles. The molecule has 0 saturated heterocycles. The maximum Gasteiger partial charge on any atom is 0.261 e. The monoisotopic (exact) mass is 354 g/mol. The smallest absolute Gasteiger partial charge is 0.261 e. The molecule has 0 unspecified atom stereocenters. The lowest BCUT2D eigenvalue weighted by molar-refractivity contribution is 0.289. The Hall–Kier alpha value is -1.68. The summed E-state index contributed by atoms with van der Waals surface area (Å²) in [6, 6.07) is 21.4. The minimum atomic E-state index is -2.42. The van der Waals surface area contributed by atoms with Crippen LogP contribution in [0.15, 0.2) is 72.8 Å². The van der Waals surface area contributed by atoms with Gasteiger partial charge in [0, 0.05) is 6.61 Å². The highest BCUT2D eigenvalue weighted by molar-refractivity contribution is 6.99. The minimum absolute atomic E-state index is 0.00858. The van der Waals surface area contributed by atoms with Crippen LogP contribution in [0, 0.1) is 0 Å². The maximum absolute atomic E-state index is 8.90. The molecule has 134 valence electrons. The summed E-state index contributed by atoms with van der Waals surface area (Å²) in [5, 5.41) is 11.5. The van der Waals surface area contributed by atoms with E-state index in [2.05, 4.69) is 93.6 Å². The Labute approximate surface area is 153 Å². The number of hydrogen-bond donors (Lipinski definition) is 1. The lowest BCUT2D eigenvalue weighted by Gasteiger charge is -2.42. The van der Waals surface area contributed by atoms with E-state index >= 15 is 0 Å². The molecule has 0 aliphatic rings. The van der Waals surface area contributed by atoms with Gasteiger partial charge in [-0.3, -0.25) is 0 Å². The summed E-state index contributed by atoms with van der Waals surface area (Å²) < 4.78 is 6.74. The molecule has 0 radical (unpaired) electrons. The van der Waals surface area contributed by atoms with E-state index in [9.17, 15) is 0 Å². The second-order valence-corrected chi connectivity index (χ2v) is 11.6. The first-order valence-corrected chi connectivity index (χ1v) is 10.9. The van der Waals surface area contributed by atoms with Gasteiger partial charge in [-0.2, -0.15) is 0 Å². The predicted octanol–water partition coefficient (Wildman–Crippen LogP) is 3.89. The molecular formula is C22H30O2Si. The fourth-order valence-corrected chi connectivity index (χ4v) is 7.83. The van der Waals surface area contributed by atoms with E-state index in [1.165, 1.54) is 10.4 Å². The number of rotatable bonds is 8. The van der Waals surface area contributed by atoms with Crippen molar-refractivity contribution < 1.29 is 9.53 Å². The van der Waals surface area contributed by atoms with Crippen LogP contribution in [0.1, 0.15) is 33.6 Å². The standard InChI is InChI=1S/C22H30O2Si/c1-22(2,3)25(20-14-8-6-9-15-20,21-16-10-7-11-17-21)24-19-13-5-4-12-18-23/h5-11,13-17,23H,4,12,18-19H2,1-3H3/b13-5-. The number of hydrogen-bond acceptors (Lipinski definition) is 2. The van der Waals surface area contributed by atoms with Crippen LogP contribution in [0.25, 0.3) is 0 Å². The van der Waals surface area contributed by atoms with E-state index in [1.54, 1.807) is 0 Å². The highest BCUT2D eigenvalue weighted by Gasteiger charge is 2.49. The summed E-state index contributed by atoms with van der Waals surface area (Å²) in [5.41, 5.74) is 0. The zero-order valence-electron chi connectivity index (χ0n) is 15.6. The van der Waals surface area contributed by atoms with Gasteiger partial charge in [0.05, 0.1) is 6.61 Å². The van der Waals surface area contributed by atoms with Crippen LogP contribution in [0.2, 0.25) is 5.04 Å². The molecule has 0 amide bonds. The van der Waals surface area contributed by atoms with Crippen LogP contribution >= 0.6 is 0 Å². The Morgan fingerprint density at radius 2 is 1.40 bits per heavy atom. The van der Waals surface area contributed by atoms with Gasteiger partial charge in [-0.15, -0.1) is 0 Å². The molecule has 2 aromatic rings. The van der Waals surface area contributed by atoms with Crippen molar-refractivity contribution in [3.05, 3.63) is 72.8 Å². The summed E-state index contributed by atoms with van der Waals surface area (Å²) in [4.78, 5) is 0. The van der Waals surface area contributed by atoms with Gasteiger partial charge < -0.3 is 9.53 Å².